The van der Waals surface area contributed by atoms with Crippen molar-refractivity contribution in [3.8, 4) is 22.4 Å². The summed E-state index contributed by atoms with van der Waals surface area (Å²) in [5, 5.41) is 7.87. The van der Waals surface area contributed by atoms with Crippen LogP contribution in [0.4, 0.5) is 5.82 Å². The third-order valence-corrected chi connectivity index (χ3v) is 3.92. The van der Waals surface area contributed by atoms with Gasteiger partial charge >= 0.3 is 0 Å². The molecule has 21 heavy (non-hydrogen) atoms. The quantitative estimate of drug-likeness (QED) is 0.726. The molecule has 0 aliphatic heterocycles. The number of anilines is 1. The normalized spacial score (nSPS) is 10.8. The molecule has 0 spiro atoms. The Hall–Kier alpha value is -2.26. The van der Waals surface area contributed by atoms with Crippen molar-refractivity contribution < 1.29 is 0 Å². The van der Waals surface area contributed by atoms with Crippen molar-refractivity contribution >= 4 is 17.4 Å². The van der Waals surface area contributed by atoms with Crippen LogP contribution in [0, 0.1) is 13.8 Å². The van der Waals surface area contributed by atoms with E-state index in [1.54, 1.807) is 0 Å². The molecule has 0 aliphatic rings. The number of benzene rings is 2. The molecule has 1 heterocycles. The van der Waals surface area contributed by atoms with Crippen LogP contribution in [-0.4, -0.2) is 10.2 Å². The second kappa shape index (κ2) is 5.26. The van der Waals surface area contributed by atoms with Crippen molar-refractivity contribution in [1.29, 1.82) is 0 Å². The average molecular weight is 298 g/mol. The fourth-order valence-corrected chi connectivity index (χ4v) is 2.81. The molecule has 1 aromatic heterocycles. The first-order valence-corrected chi connectivity index (χ1v) is 7.12. The smallest absolute Gasteiger partial charge is 0.153 e. The van der Waals surface area contributed by atoms with Crippen LogP contribution in [-0.2, 0) is 0 Å². The number of nitrogen functional groups attached to an aromatic ring is 1. The summed E-state index contributed by atoms with van der Waals surface area (Å²) in [6.45, 7) is 4.16. The Balaban J connectivity index is 2.25. The van der Waals surface area contributed by atoms with Gasteiger partial charge in [0, 0.05) is 16.1 Å². The van der Waals surface area contributed by atoms with Gasteiger partial charge in [-0.3, -0.25) is 5.10 Å². The van der Waals surface area contributed by atoms with Gasteiger partial charge in [0.15, 0.2) is 5.82 Å². The van der Waals surface area contributed by atoms with Gasteiger partial charge < -0.3 is 5.73 Å². The second-order valence-electron chi connectivity index (χ2n) is 5.16. The van der Waals surface area contributed by atoms with Crippen molar-refractivity contribution in [3.05, 3.63) is 58.6 Å². The number of nitrogens with two attached hydrogens (primary N) is 1. The lowest BCUT2D eigenvalue weighted by atomic mass is 9.97. The van der Waals surface area contributed by atoms with E-state index < -0.39 is 0 Å². The summed E-state index contributed by atoms with van der Waals surface area (Å²) in [6, 6.07) is 14.0. The van der Waals surface area contributed by atoms with Gasteiger partial charge in [-0.15, -0.1) is 0 Å². The van der Waals surface area contributed by atoms with E-state index in [2.05, 4.69) is 42.2 Å². The lowest BCUT2D eigenvalue weighted by Crippen LogP contribution is -1.91. The van der Waals surface area contributed by atoms with Gasteiger partial charge in [0.05, 0.1) is 11.3 Å². The molecule has 3 aromatic rings. The highest BCUT2D eigenvalue weighted by Crippen LogP contribution is 2.39. The zero-order valence-corrected chi connectivity index (χ0v) is 12.7. The first kappa shape index (κ1) is 13.7. The Bertz CT molecular complexity index is 806. The first-order chi connectivity index (χ1) is 10.1. The lowest BCUT2D eigenvalue weighted by Gasteiger charge is -2.09. The van der Waals surface area contributed by atoms with Crippen LogP contribution in [0.1, 0.15) is 11.1 Å². The first-order valence-electron chi connectivity index (χ1n) is 6.74. The number of nitrogens with zero attached hydrogens (tertiary/aromatic N) is 1. The van der Waals surface area contributed by atoms with Gasteiger partial charge in [-0.1, -0.05) is 53.6 Å². The molecule has 0 amide bonds. The molecule has 0 atom stereocenters. The molecule has 3 N–H and O–H groups in total. The summed E-state index contributed by atoms with van der Waals surface area (Å²) < 4.78 is 0. The average Bonchev–Trinajstić information content (AvgIpc) is 2.81. The van der Waals surface area contributed by atoms with Gasteiger partial charge in [-0.25, -0.2) is 0 Å². The number of halogens is 1. The fourth-order valence-electron chi connectivity index (χ4n) is 2.58. The number of hydrogen-bond acceptors (Lipinski definition) is 2. The summed E-state index contributed by atoms with van der Waals surface area (Å²) >= 11 is 6.31. The minimum absolute atomic E-state index is 0.457. The Kier molecular flexibility index (Phi) is 3.43. The van der Waals surface area contributed by atoms with Crippen LogP contribution < -0.4 is 5.73 Å². The standard InChI is InChI=1S/C17H16ClN3/c1-10-7-8-12(11(2)9-10)16-15(17(19)21-20-16)13-5-3-4-6-14(13)18/h3-9H,1-2H3,(H3,19,20,21). The summed E-state index contributed by atoms with van der Waals surface area (Å²) in [6.07, 6.45) is 0. The maximum Gasteiger partial charge on any atom is 0.153 e. The highest BCUT2D eigenvalue weighted by Gasteiger charge is 2.18. The highest BCUT2D eigenvalue weighted by molar-refractivity contribution is 6.33. The molecular formula is C17H16ClN3. The molecule has 0 fully saturated rings. The van der Waals surface area contributed by atoms with E-state index in [1.165, 1.54) is 11.1 Å². The van der Waals surface area contributed by atoms with Crippen LogP contribution >= 0.6 is 11.6 Å². The molecule has 0 saturated heterocycles. The minimum atomic E-state index is 0.457. The third-order valence-electron chi connectivity index (χ3n) is 3.59. The van der Waals surface area contributed by atoms with Crippen LogP contribution in [0.5, 0.6) is 0 Å². The van der Waals surface area contributed by atoms with Crippen LogP contribution in [0.15, 0.2) is 42.5 Å². The van der Waals surface area contributed by atoms with Crippen LogP contribution in [0.25, 0.3) is 22.4 Å². The van der Waals surface area contributed by atoms with E-state index in [-0.39, 0.29) is 0 Å². The molecule has 0 bridgehead atoms. The second-order valence-corrected chi connectivity index (χ2v) is 5.56. The molecule has 0 unspecified atom stereocenters. The number of aromatic amines is 1. The van der Waals surface area contributed by atoms with Gasteiger partial charge in [-0.05, 0) is 25.5 Å². The van der Waals surface area contributed by atoms with Crippen molar-refractivity contribution in [2.75, 3.05) is 5.73 Å². The predicted molar refractivity (Wildman–Crippen MR) is 88.4 cm³/mol. The zero-order valence-electron chi connectivity index (χ0n) is 11.9. The minimum Gasteiger partial charge on any atom is -0.382 e. The topological polar surface area (TPSA) is 54.7 Å². The third kappa shape index (κ3) is 2.41. The Morgan fingerprint density at radius 2 is 1.81 bits per heavy atom. The Morgan fingerprint density at radius 1 is 1.05 bits per heavy atom. The van der Waals surface area contributed by atoms with Crippen LogP contribution in [0.2, 0.25) is 5.02 Å². The van der Waals surface area contributed by atoms with Gasteiger partial charge in [0.25, 0.3) is 0 Å². The molecule has 3 nitrogen and oxygen atoms in total. The number of aryl methyl sites for hydroxylation is 2. The van der Waals surface area contributed by atoms with Gasteiger partial charge in [-0.2, -0.15) is 5.10 Å². The van der Waals surface area contributed by atoms with E-state index in [1.807, 2.05) is 24.3 Å². The van der Waals surface area contributed by atoms with E-state index in [9.17, 15) is 0 Å². The SMILES string of the molecule is Cc1ccc(-c2[nH]nc(N)c2-c2ccccc2Cl)c(C)c1. The van der Waals surface area contributed by atoms with Crippen molar-refractivity contribution in [1.82, 2.24) is 10.2 Å². The monoisotopic (exact) mass is 297 g/mol. The summed E-state index contributed by atoms with van der Waals surface area (Å²) in [4.78, 5) is 0. The van der Waals surface area contributed by atoms with E-state index in [0.717, 1.165) is 22.4 Å². The largest absolute Gasteiger partial charge is 0.382 e. The molecular weight excluding hydrogens is 282 g/mol. The number of H-pyrrole nitrogens is 1. The van der Waals surface area contributed by atoms with E-state index in [4.69, 9.17) is 17.3 Å². The highest BCUT2D eigenvalue weighted by atomic mass is 35.5. The predicted octanol–water partition coefficient (Wildman–Crippen LogP) is 4.60. The van der Waals surface area contributed by atoms with Crippen molar-refractivity contribution in [2.24, 2.45) is 0 Å². The maximum absolute atomic E-state index is 6.31. The van der Waals surface area contributed by atoms with E-state index in [0.29, 0.717) is 10.8 Å². The molecule has 0 radical (unpaired) electrons. The van der Waals surface area contributed by atoms with Gasteiger partial charge in [0.2, 0.25) is 0 Å². The number of aromatic nitrogens is 2. The number of hydrogen-bond donors (Lipinski definition) is 2. The fraction of sp³-hybridized carbons (Fsp3) is 0.118. The number of rotatable bonds is 2. The Morgan fingerprint density at radius 3 is 2.52 bits per heavy atom. The molecule has 0 aliphatic carbocycles. The summed E-state index contributed by atoms with van der Waals surface area (Å²) in [5.74, 6) is 0.457. The zero-order chi connectivity index (χ0) is 15.0. The summed E-state index contributed by atoms with van der Waals surface area (Å²) in [7, 11) is 0. The molecule has 4 heteroatoms. The molecule has 0 saturated carbocycles. The van der Waals surface area contributed by atoms with Crippen molar-refractivity contribution in [3.63, 3.8) is 0 Å². The van der Waals surface area contributed by atoms with Crippen LogP contribution in [0.3, 0.4) is 0 Å². The summed E-state index contributed by atoms with van der Waals surface area (Å²) in [5.41, 5.74) is 12.2. The molecule has 106 valence electrons. The maximum atomic E-state index is 6.31. The van der Waals surface area contributed by atoms with E-state index >= 15 is 0 Å². The Labute approximate surface area is 128 Å². The lowest BCUT2D eigenvalue weighted by molar-refractivity contribution is 1.10. The molecule has 2 aromatic carbocycles. The van der Waals surface area contributed by atoms with Gasteiger partial charge in [0.1, 0.15) is 0 Å². The molecule has 3 rings (SSSR count). The van der Waals surface area contributed by atoms with Crippen molar-refractivity contribution in [2.45, 2.75) is 13.8 Å². The number of nitrogens with one attached hydrogen (secondary N) is 1.